The first-order valence-electron chi connectivity index (χ1n) is 6.32. The van der Waals surface area contributed by atoms with Crippen LogP contribution in [0.1, 0.15) is 17.7 Å². The zero-order chi connectivity index (χ0) is 13.7. The molecule has 0 aliphatic heterocycles. The first-order chi connectivity index (χ1) is 9.19. The highest BCUT2D eigenvalue weighted by molar-refractivity contribution is 5.19. The number of likely N-dealkylation sites (N-methyl/N-ethyl adjacent to an activating group) is 1. The fraction of sp³-hybridized carbons (Fsp3) is 0.333. The van der Waals surface area contributed by atoms with Crippen molar-refractivity contribution < 1.29 is 13.2 Å². The Balaban J connectivity index is 1.94. The van der Waals surface area contributed by atoms with Crippen LogP contribution in [-0.2, 0) is 12.8 Å². The number of hydrogen-bond donors (Lipinski definition) is 1. The number of hydrogen-bond acceptors (Lipinski definition) is 2. The Kier molecular flexibility index (Phi) is 4.68. The lowest BCUT2D eigenvalue weighted by atomic mass is 10.0. The third-order valence-electron chi connectivity index (χ3n) is 3.21. The standard InChI is InChI=1S/C15H17F2NO/c1-18-13(6-7-14-3-2-8-19-14)9-11-4-5-12(16)10-15(11)17/h2-5,8,10,13,18H,6-7,9H2,1H3. The highest BCUT2D eigenvalue weighted by Crippen LogP contribution is 2.14. The molecule has 2 aromatic rings. The second-order valence-electron chi connectivity index (χ2n) is 4.54. The van der Waals surface area contributed by atoms with E-state index >= 15 is 0 Å². The summed E-state index contributed by atoms with van der Waals surface area (Å²) in [5.41, 5.74) is 0.528. The molecule has 2 nitrogen and oxygen atoms in total. The van der Waals surface area contributed by atoms with Gasteiger partial charge in [-0.05, 0) is 43.7 Å². The van der Waals surface area contributed by atoms with E-state index in [1.54, 1.807) is 6.26 Å². The van der Waals surface area contributed by atoms with Gasteiger partial charge in [-0.3, -0.25) is 0 Å². The van der Waals surface area contributed by atoms with Crippen molar-refractivity contribution in [1.82, 2.24) is 5.32 Å². The molecule has 1 aromatic heterocycles. The van der Waals surface area contributed by atoms with Crippen molar-refractivity contribution in [2.45, 2.75) is 25.3 Å². The smallest absolute Gasteiger partial charge is 0.129 e. The summed E-state index contributed by atoms with van der Waals surface area (Å²) in [4.78, 5) is 0. The van der Waals surface area contributed by atoms with Crippen molar-refractivity contribution in [3.63, 3.8) is 0 Å². The van der Waals surface area contributed by atoms with E-state index in [4.69, 9.17) is 4.42 Å². The Morgan fingerprint density at radius 1 is 1.26 bits per heavy atom. The third-order valence-corrected chi connectivity index (χ3v) is 3.21. The lowest BCUT2D eigenvalue weighted by Gasteiger charge is -2.16. The molecule has 0 radical (unpaired) electrons. The fourth-order valence-electron chi connectivity index (χ4n) is 2.07. The molecule has 0 amide bonds. The largest absolute Gasteiger partial charge is 0.469 e. The summed E-state index contributed by atoms with van der Waals surface area (Å²) in [5.74, 6) is -0.115. The Hall–Kier alpha value is -1.68. The highest BCUT2D eigenvalue weighted by Gasteiger charge is 2.12. The maximum atomic E-state index is 13.6. The van der Waals surface area contributed by atoms with Crippen molar-refractivity contribution in [2.24, 2.45) is 0 Å². The number of halogens is 2. The molecule has 1 unspecified atom stereocenters. The van der Waals surface area contributed by atoms with Crippen LogP contribution in [-0.4, -0.2) is 13.1 Å². The van der Waals surface area contributed by atoms with E-state index in [9.17, 15) is 8.78 Å². The molecule has 0 saturated carbocycles. The van der Waals surface area contributed by atoms with Gasteiger partial charge in [0.05, 0.1) is 6.26 Å². The second-order valence-corrected chi connectivity index (χ2v) is 4.54. The minimum Gasteiger partial charge on any atom is -0.469 e. The first-order valence-corrected chi connectivity index (χ1v) is 6.32. The predicted molar refractivity (Wildman–Crippen MR) is 69.9 cm³/mol. The molecule has 1 atom stereocenters. The monoisotopic (exact) mass is 265 g/mol. The lowest BCUT2D eigenvalue weighted by molar-refractivity contribution is 0.455. The van der Waals surface area contributed by atoms with Gasteiger partial charge in [0, 0.05) is 18.5 Å². The van der Waals surface area contributed by atoms with Gasteiger partial charge < -0.3 is 9.73 Å². The van der Waals surface area contributed by atoms with Crippen LogP contribution in [0, 0.1) is 11.6 Å². The summed E-state index contributed by atoms with van der Waals surface area (Å²) in [6.45, 7) is 0. The van der Waals surface area contributed by atoms with E-state index in [0.29, 0.717) is 12.0 Å². The topological polar surface area (TPSA) is 25.2 Å². The van der Waals surface area contributed by atoms with Gasteiger partial charge in [-0.15, -0.1) is 0 Å². The molecule has 1 N–H and O–H groups in total. The van der Waals surface area contributed by atoms with Gasteiger partial charge in [0.25, 0.3) is 0 Å². The van der Waals surface area contributed by atoms with Gasteiger partial charge >= 0.3 is 0 Å². The molecule has 0 spiro atoms. The minimum absolute atomic E-state index is 0.130. The normalized spacial score (nSPS) is 12.6. The van der Waals surface area contributed by atoms with Crippen LogP contribution in [0.15, 0.2) is 41.0 Å². The van der Waals surface area contributed by atoms with E-state index in [1.165, 1.54) is 12.1 Å². The van der Waals surface area contributed by atoms with Crippen LogP contribution in [0.25, 0.3) is 0 Å². The first kappa shape index (κ1) is 13.7. The van der Waals surface area contributed by atoms with Gasteiger partial charge in [-0.2, -0.15) is 0 Å². The van der Waals surface area contributed by atoms with Gasteiger partial charge in [0.1, 0.15) is 17.4 Å². The van der Waals surface area contributed by atoms with Crippen LogP contribution in [0.3, 0.4) is 0 Å². The molecule has 0 aliphatic rings. The van der Waals surface area contributed by atoms with E-state index in [1.807, 2.05) is 19.2 Å². The molecule has 19 heavy (non-hydrogen) atoms. The molecule has 0 fully saturated rings. The van der Waals surface area contributed by atoms with Crippen molar-refractivity contribution >= 4 is 0 Å². The number of rotatable bonds is 6. The summed E-state index contributed by atoms with van der Waals surface area (Å²) in [6, 6.07) is 7.62. The van der Waals surface area contributed by atoms with Crippen molar-refractivity contribution in [3.05, 3.63) is 59.6 Å². The molecular weight excluding hydrogens is 248 g/mol. The summed E-state index contributed by atoms with van der Waals surface area (Å²) >= 11 is 0. The summed E-state index contributed by atoms with van der Waals surface area (Å²) in [7, 11) is 1.84. The van der Waals surface area contributed by atoms with Crippen molar-refractivity contribution in [1.29, 1.82) is 0 Å². The average molecular weight is 265 g/mol. The fourth-order valence-corrected chi connectivity index (χ4v) is 2.07. The van der Waals surface area contributed by atoms with Gasteiger partial charge in [0.2, 0.25) is 0 Å². The molecule has 102 valence electrons. The molecular formula is C15H17F2NO. The van der Waals surface area contributed by atoms with Gasteiger partial charge in [-0.1, -0.05) is 6.07 Å². The number of nitrogens with one attached hydrogen (secondary N) is 1. The second kappa shape index (κ2) is 6.48. The van der Waals surface area contributed by atoms with Crippen molar-refractivity contribution in [3.8, 4) is 0 Å². The maximum Gasteiger partial charge on any atom is 0.129 e. The molecule has 0 aliphatic carbocycles. The zero-order valence-corrected chi connectivity index (χ0v) is 10.8. The van der Waals surface area contributed by atoms with Crippen LogP contribution in [0.5, 0.6) is 0 Å². The molecule has 0 saturated heterocycles. The van der Waals surface area contributed by atoms with Crippen LogP contribution >= 0.6 is 0 Å². The summed E-state index contributed by atoms with van der Waals surface area (Å²) in [6.07, 6.45) is 3.80. The molecule has 4 heteroatoms. The average Bonchev–Trinajstić information content (AvgIpc) is 2.90. The van der Waals surface area contributed by atoms with Gasteiger partial charge in [0.15, 0.2) is 0 Å². The van der Waals surface area contributed by atoms with E-state index < -0.39 is 11.6 Å². The van der Waals surface area contributed by atoms with E-state index in [0.717, 1.165) is 24.7 Å². The quantitative estimate of drug-likeness (QED) is 0.866. The van der Waals surface area contributed by atoms with Crippen molar-refractivity contribution in [2.75, 3.05) is 7.05 Å². The molecule has 2 rings (SSSR count). The maximum absolute atomic E-state index is 13.6. The number of benzene rings is 1. The van der Waals surface area contributed by atoms with Gasteiger partial charge in [-0.25, -0.2) is 8.78 Å². The Morgan fingerprint density at radius 3 is 2.74 bits per heavy atom. The number of furan rings is 1. The summed E-state index contributed by atoms with van der Waals surface area (Å²) in [5, 5.41) is 3.15. The summed E-state index contributed by atoms with van der Waals surface area (Å²) < 4.78 is 31.7. The van der Waals surface area contributed by atoms with Crippen LogP contribution in [0.2, 0.25) is 0 Å². The SMILES string of the molecule is CNC(CCc1ccco1)Cc1ccc(F)cc1F. The Bertz CT molecular complexity index is 511. The third kappa shape index (κ3) is 3.89. The van der Waals surface area contributed by atoms with Crippen LogP contribution in [0.4, 0.5) is 8.78 Å². The Labute approximate surface area is 111 Å². The van der Waals surface area contributed by atoms with Crippen LogP contribution < -0.4 is 5.32 Å². The molecule has 1 aromatic carbocycles. The highest BCUT2D eigenvalue weighted by atomic mass is 19.1. The van der Waals surface area contributed by atoms with E-state index in [-0.39, 0.29) is 6.04 Å². The minimum atomic E-state index is -0.544. The molecule has 1 heterocycles. The lowest BCUT2D eigenvalue weighted by Crippen LogP contribution is -2.28. The molecule has 0 bridgehead atoms. The Morgan fingerprint density at radius 2 is 2.11 bits per heavy atom. The zero-order valence-electron chi connectivity index (χ0n) is 10.8. The van der Waals surface area contributed by atoms with E-state index in [2.05, 4.69) is 5.32 Å². The number of aryl methyl sites for hydroxylation is 1. The predicted octanol–water partition coefficient (Wildman–Crippen LogP) is 3.32.